The van der Waals surface area contributed by atoms with Gasteiger partial charge < -0.3 is 24.6 Å². The Balaban J connectivity index is 1.48. The van der Waals surface area contributed by atoms with Crippen LogP contribution in [0.3, 0.4) is 0 Å². The van der Waals surface area contributed by atoms with Crippen LogP contribution in [-0.4, -0.2) is 55.8 Å². The average Bonchev–Trinajstić information content (AvgIpc) is 3.79. The number of aromatic hydroxyl groups is 1. The fraction of sp³-hybridized carbons (Fsp3) is 0.419. The molecule has 10 nitrogen and oxygen atoms in total. The average molecular weight is 597 g/mol. The topological polar surface area (TPSA) is 157 Å². The van der Waals surface area contributed by atoms with Crippen LogP contribution >= 0.6 is 0 Å². The molecule has 1 saturated carbocycles. The third-order valence-corrected chi connectivity index (χ3v) is 9.31. The minimum absolute atomic E-state index is 0.00324. The normalized spacial score (nSPS) is 16.3. The van der Waals surface area contributed by atoms with Gasteiger partial charge in [-0.1, -0.05) is 24.6 Å². The van der Waals surface area contributed by atoms with Gasteiger partial charge in [0, 0.05) is 43.2 Å². The monoisotopic (exact) mass is 596 g/mol. The molecule has 11 heteroatoms. The van der Waals surface area contributed by atoms with Gasteiger partial charge in [0.1, 0.15) is 11.5 Å². The maximum atomic E-state index is 13.4. The highest BCUT2D eigenvalue weighted by molar-refractivity contribution is 7.92. The zero-order valence-corrected chi connectivity index (χ0v) is 24.1. The number of anilines is 2. The third kappa shape index (κ3) is 6.38. The first kappa shape index (κ1) is 29.8. The number of carbonyl (C=O) groups is 1. The molecule has 5 rings (SSSR count). The van der Waals surface area contributed by atoms with Crippen LogP contribution in [-0.2, 0) is 16.4 Å². The van der Waals surface area contributed by atoms with E-state index in [9.17, 15) is 33.3 Å². The fourth-order valence-electron chi connectivity index (χ4n) is 5.76. The van der Waals surface area contributed by atoms with Crippen molar-refractivity contribution >= 4 is 27.2 Å². The number of hydrogen-bond donors (Lipinski definition) is 4. The number of sulfonamides is 1. The van der Waals surface area contributed by atoms with E-state index >= 15 is 0 Å². The van der Waals surface area contributed by atoms with Crippen LogP contribution in [0.4, 0.5) is 11.4 Å². The van der Waals surface area contributed by atoms with Crippen LogP contribution in [0.15, 0.2) is 62.6 Å². The number of fused-ring (bicyclic) bond motifs is 1. The standard InChI is InChI=1S/C31H36N2O8S/c34-16-14-33(15-17-35)23-8-5-9-24(19-23)42(39,40)32-22-7-4-6-21(18-22)27(20-12-13-20)29-30(37)28-25(36)10-2-1-3-11-26(28)41-31(29)38/h4-9,18-20,27,32,34-35,37H,1-3,10-17H2. The van der Waals surface area contributed by atoms with Crippen LogP contribution < -0.4 is 15.2 Å². The maximum Gasteiger partial charge on any atom is 0.343 e. The van der Waals surface area contributed by atoms with Crippen LogP contribution in [0, 0.1) is 5.92 Å². The van der Waals surface area contributed by atoms with Crippen LogP contribution in [0.25, 0.3) is 0 Å². The first-order valence-corrected chi connectivity index (χ1v) is 15.8. The first-order chi connectivity index (χ1) is 20.2. The van der Waals surface area contributed by atoms with E-state index in [1.807, 2.05) is 0 Å². The lowest BCUT2D eigenvalue weighted by Gasteiger charge is -2.23. The van der Waals surface area contributed by atoms with Crippen molar-refractivity contribution in [3.63, 3.8) is 0 Å². The summed E-state index contributed by atoms with van der Waals surface area (Å²) in [5, 5.41) is 30.1. The summed E-state index contributed by atoms with van der Waals surface area (Å²) in [6, 6.07) is 12.9. The van der Waals surface area contributed by atoms with Gasteiger partial charge in [-0.25, -0.2) is 13.2 Å². The Labute approximate surface area is 244 Å². The first-order valence-electron chi connectivity index (χ1n) is 14.3. The lowest BCUT2D eigenvalue weighted by Crippen LogP contribution is -2.29. The van der Waals surface area contributed by atoms with Crippen molar-refractivity contribution in [2.24, 2.45) is 5.92 Å². The Morgan fingerprint density at radius 3 is 2.38 bits per heavy atom. The van der Waals surface area contributed by atoms with E-state index in [2.05, 4.69) is 4.72 Å². The molecule has 0 bridgehead atoms. The Kier molecular flexibility index (Phi) is 9.00. The van der Waals surface area contributed by atoms with Gasteiger partial charge in [-0.05, 0) is 67.5 Å². The third-order valence-electron chi connectivity index (χ3n) is 7.93. The summed E-state index contributed by atoms with van der Waals surface area (Å²) in [6.45, 7) is 0.154. The molecule has 2 aliphatic rings. The van der Waals surface area contributed by atoms with Crippen molar-refractivity contribution in [3.05, 3.63) is 81.4 Å². The Morgan fingerprint density at radius 2 is 1.67 bits per heavy atom. The molecule has 4 N–H and O–H groups in total. The van der Waals surface area contributed by atoms with Gasteiger partial charge in [0.15, 0.2) is 5.78 Å². The number of benzene rings is 2. The zero-order chi connectivity index (χ0) is 29.9. The molecular formula is C31H36N2O8S. The molecular weight excluding hydrogens is 560 g/mol. The van der Waals surface area contributed by atoms with Gasteiger partial charge in [-0.2, -0.15) is 0 Å². The largest absolute Gasteiger partial charge is 0.506 e. The predicted molar refractivity (Wildman–Crippen MR) is 158 cm³/mol. The summed E-state index contributed by atoms with van der Waals surface area (Å²) in [5.41, 5.74) is 0.921. The van der Waals surface area contributed by atoms with E-state index in [0.717, 1.165) is 25.7 Å². The van der Waals surface area contributed by atoms with Gasteiger partial charge in [-0.3, -0.25) is 9.52 Å². The highest BCUT2D eigenvalue weighted by atomic mass is 32.2. The molecule has 1 unspecified atom stereocenters. The SMILES string of the molecule is O=C1CCCCCc2oc(=O)c(C(c3cccc(NS(=O)(=O)c4cccc(N(CCO)CCO)c4)c3)C3CC3)c(O)c21. The summed E-state index contributed by atoms with van der Waals surface area (Å²) >= 11 is 0. The number of aliphatic hydroxyl groups is 2. The van der Waals surface area contributed by atoms with Gasteiger partial charge in [0.25, 0.3) is 10.0 Å². The fourth-order valence-corrected chi connectivity index (χ4v) is 6.85. The lowest BCUT2D eigenvalue weighted by atomic mass is 9.85. The van der Waals surface area contributed by atoms with Gasteiger partial charge >= 0.3 is 5.63 Å². The number of ketones is 1. The minimum Gasteiger partial charge on any atom is -0.506 e. The number of hydrogen-bond acceptors (Lipinski definition) is 9. The Morgan fingerprint density at radius 1 is 0.952 bits per heavy atom. The molecule has 1 atom stereocenters. The smallest absolute Gasteiger partial charge is 0.343 e. The summed E-state index contributed by atoms with van der Waals surface area (Å²) in [4.78, 5) is 27.9. The highest BCUT2D eigenvalue weighted by Gasteiger charge is 2.39. The molecule has 224 valence electrons. The molecule has 1 fully saturated rings. The molecule has 1 heterocycles. The van der Waals surface area contributed by atoms with Gasteiger partial charge in [0.05, 0.1) is 29.2 Å². The molecule has 0 amide bonds. The summed E-state index contributed by atoms with van der Waals surface area (Å²) in [7, 11) is -4.03. The Hall–Kier alpha value is -3.67. The summed E-state index contributed by atoms with van der Waals surface area (Å²) < 4.78 is 35.0. The molecule has 1 aromatic heterocycles. The minimum atomic E-state index is -4.03. The number of aliphatic hydroxyl groups excluding tert-OH is 2. The van der Waals surface area contributed by atoms with E-state index < -0.39 is 21.6 Å². The van der Waals surface area contributed by atoms with Gasteiger partial charge in [0.2, 0.25) is 0 Å². The van der Waals surface area contributed by atoms with Gasteiger partial charge in [-0.15, -0.1) is 0 Å². The quantitative estimate of drug-likeness (QED) is 0.259. The summed E-state index contributed by atoms with van der Waals surface area (Å²) in [6.07, 6.45) is 4.64. The van der Waals surface area contributed by atoms with Crippen LogP contribution in [0.5, 0.6) is 5.75 Å². The van der Waals surface area contributed by atoms with E-state index in [1.165, 1.54) is 12.1 Å². The van der Waals surface area contributed by atoms with Crippen molar-refractivity contribution in [2.45, 2.75) is 55.8 Å². The number of carbonyl (C=O) groups excluding carboxylic acids is 1. The van der Waals surface area contributed by atoms with Crippen molar-refractivity contribution in [2.75, 3.05) is 35.9 Å². The van der Waals surface area contributed by atoms with E-state index in [4.69, 9.17) is 4.42 Å². The number of rotatable bonds is 11. The predicted octanol–water partition coefficient (Wildman–Crippen LogP) is 3.78. The lowest BCUT2D eigenvalue weighted by molar-refractivity contribution is 0.0968. The van der Waals surface area contributed by atoms with Crippen molar-refractivity contribution in [1.29, 1.82) is 0 Å². The second-order valence-corrected chi connectivity index (χ2v) is 12.6. The van der Waals surface area contributed by atoms with Crippen molar-refractivity contribution in [1.82, 2.24) is 0 Å². The highest BCUT2D eigenvalue weighted by Crippen LogP contribution is 2.49. The second kappa shape index (κ2) is 12.7. The van der Waals surface area contributed by atoms with E-state index in [0.29, 0.717) is 24.1 Å². The molecule has 42 heavy (non-hydrogen) atoms. The molecule has 0 aliphatic heterocycles. The van der Waals surface area contributed by atoms with Crippen molar-refractivity contribution in [3.8, 4) is 5.75 Å². The summed E-state index contributed by atoms with van der Waals surface area (Å²) in [5.74, 6) is -0.845. The molecule has 0 saturated heterocycles. The molecule has 0 radical (unpaired) electrons. The van der Waals surface area contributed by atoms with E-state index in [1.54, 1.807) is 41.3 Å². The molecule has 2 aliphatic carbocycles. The number of nitrogens with zero attached hydrogens (tertiary/aromatic N) is 1. The molecule has 0 spiro atoms. The van der Waals surface area contributed by atoms with Crippen LogP contribution in [0.2, 0.25) is 0 Å². The Bertz CT molecular complexity index is 1610. The number of nitrogens with one attached hydrogen (secondary N) is 1. The van der Waals surface area contributed by atoms with Crippen LogP contribution in [0.1, 0.15) is 71.7 Å². The second-order valence-electron chi connectivity index (χ2n) is 10.9. The molecule has 2 aromatic carbocycles. The molecule has 3 aromatic rings. The zero-order valence-electron chi connectivity index (χ0n) is 23.3. The van der Waals surface area contributed by atoms with Crippen molar-refractivity contribution < 1.29 is 32.9 Å². The number of aryl methyl sites for hydroxylation is 1. The maximum absolute atomic E-state index is 13.4. The number of Topliss-reactive ketones (excluding diaryl/α,β-unsaturated/α-hetero) is 1. The van der Waals surface area contributed by atoms with E-state index in [-0.39, 0.29) is 77.6 Å².